The summed E-state index contributed by atoms with van der Waals surface area (Å²) >= 11 is 0. The first-order valence-corrected chi connectivity index (χ1v) is 16.4. The molecule has 12 heteroatoms. The molecular weight excluding hydrogens is 608 g/mol. The number of benzene rings is 2. The molecule has 0 heterocycles. The van der Waals surface area contributed by atoms with Crippen molar-refractivity contribution in [2.24, 2.45) is 0 Å². The van der Waals surface area contributed by atoms with E-state index in [0.717, 1.165) is 5.56 Å². The molecule has 260 valence electrons. The number of ketones is 2. The highest BCUT2D eigenvalue weighted by molar-refractivity contribution is 5.78. The standard InChI is InChI=1S/C35H50N2O10/c1-7-26-20-29(24(2)3)31(36(40)41)22-33(26)46-18-10-14-27(38)12-8-16-45-17-9-13-28(39)15-11-19-47-35-23-32(37(42)43)30(25(4)5)21-34(35)44-6/h20-25H,7-19H2,1-6H3. The SMILES string of the molecule is CCc1cc(C(C)C)c([N+](=O)[O-])cc1OCCCC(=O)CCCOCCCC(=O)CCCOc1cc([N+](=O)[O-])c(C(C)C)cc1OC. The predicted octanol–water partition coefficient (Wildman–Crippen LogP) is 8.05. The largest absolute Gasteiger partial charge is 0.493 e. The Hall–Kier alpha value is -4.06. The van der Waals surface area contributed by atoms with Crippen molar-refractivity contribution in [3.05, 3.63) is 61.2 Å². The van der Waals surface area contributed by atoms with Gasteiger partial charge < -0.3 is 18.9 Å². The maximum Gasteiger partial charge on any atom is 0.276 e. The number of aryl methyl sites for hydroxylation is 1. The number of carbonyl (C=O) groups excluding carboxylic acids is 2. The fraction of sp³-hybridized carbons (Fsp3) is 0.600. The van der Waals surface area contributed by atoms with Crippen molar-refractivity contribution < 1.29 is 38.4 Å². The van der Waals surface area contributed by atoms with Crippen LogP contribution in [0.2, 0.25) is 0 Å². The van der Waals surface area contributed by atoms with Gasteiger partial charge in [-0.2, -0.15) is 0 Å². The van der Waals surface area contributed by atoms with Crippen LogP contribution in [0.3, 0.4) is 0 Å². The van der Waals surface area contributed by atoms with Crippen molar-refractivity contribution in [1.82, 2.24) is 0 Å². The van der Waals surface area contributed by atoms with Crippen LogP contribution in [0.25, 0.3) is 0 Å². The fourth-order valence-electron chi connectivity index (χ4n) is 5.12. The molecule has 0 amide bonds. The van der Waals surface area contributed by atoms with Crippen LogP contribution < -0.4 is 14.2 Å². The van der Waals surface area contributed by atoms with Gasteiger partial charge in [-0.25, -0.2) is 0 Å². The van der Waals surface area contributed by atoms with Gasteiger partial charge in [0.1, 0.15) is 17.3 Å². The van der Waals surface area contributed by atoms with Crippen molar-refractivity contribution in [1.29, 1.82) is 0 Å². The minimum absolute atomic E-state index is 0.0214. The maximum atomic E-state index is 12.3. The van der Waals surface area contributed by atoms with E-state index in [1.54, 1.807) is 6.07 Å². The normalized spacial score (nSPS) is 11.1. The summed E-state index contributed by atoms with van der Waals surface area (Å²) in [5, 5.41) is 23.0. The maximum absolute atomic E-state index is 12.3. The highest BCUT2D eigenvalue weighted by Gasteiger charge is 2.22. The van der Waals surface area contributed by atoms with E-state index in [0.29, 0.717) is 100 Å². The van der Waals surface area contributed by atoms with E-state index in [4.69, 9.17) is 18.9 Å². The molecule has 0 spiro atoms. The lowest BCUT2D eigenvalue weighted by Crippen LogP contribution is -2.08. The number of hydrogen-bond donors (Lipinski definition) is 0. The predicted molar refractivity (Wildman–Crippen MR) is 179 cm³/mol. The van der Waals surface area contributed by atoms with Gasteiger partial charge in [-0.05, 0) is 61.6 Å². The van der Waals surface area contributed by atoms with Crippen molar-refractivity contribution in [2.75, 3.05) is 33.5 Å². The molecule has 12 nitrogen and oxygen atoms in total. The third kappa shape index (κ3) is 12.9. The lowest BCUT2D eigenvalue weighted by atomic mass is 9.97. The second-order valence-corrected chi connectivity index (χ2v) is 12.1. The van der Waals surface area contributed by atoms with Gasteiger partial charge in [0.25, 0.3) is 11.4 Å². The van der Waals surface area contributed by atoms with Crippen LogP contribution >= 0.6 is 0 Å². The molecule has 0 aliphatic carbocycles. The lowest BCUT2D eigenvalue weighted by molar-refractivity contribution is -0.385. The molecule has 0 radical (unpaired) electrons. The number of carbonyl (C=O) groups is 2. The zero-order valence-electron chi connectivity index (χ0n) is 28.6. The van der Waals surface area contributed by atoms with Gasteiger partial charge in [0, 0.05) is 50.0 Å². The Morgan fingerprint density at radius 2 is 1.09 bits per heavy atom. The first kappa shape index (κ1) is 39.1. The zero-order valence-corrected chi connectivity index (χ0v) is 28.6. The van der Waals surface area contributed by atoms with Crippen LogP contribution in [-0.2, 0) is 20.7 Å². The van der Waals surface area contributed by atoms with Gasteiger partial charge in [0.2, 0.25) is 0 Å². The number of nitro groups is 2. The number of Topliss-reactive ketones (excluding diaryl/α,β-unsaturated/α-hetero) is 2. The van der Waals surface area contributed by atoms with Crippen molar-refractivity contribution >= 4 is 22.9 Å². The summed E-state index contributed by atoms with van der Waals surface area (Å²) in [6.07, 6.45) is 4.31. The quantitative estimate of drug-likeness (QED) is 0.0614. The number of nitro benzene ring substituents is 2. The minimum Gasteiger partial charge on any atom is -0.493 e. The molecule has 0 fully saturated rings. The van der Waals surface area contributed by atoms with E-state index < -0.39 is 4.92 Å². The average Bonchev–Trinajstić information content (AvgIpc) is 3.03. The lowest BCUT2D eigenvalue weighted by Gasteiger charge is -2.14. The number of hydrogen-bond acceptors (Lipinski definition) is 10. The Bertz CT molecular complexity index is 1250. The second kappa shape index (κ2) is 20.2. The van der Waals surface area contributed by atoms with E-state index >= 15 is 0 Å². The molecule has 0 aliphatic rings. The molecule has 0 saturated heterocycles. The van der Waals surface area contributed by atoms with Crippen molar-refractivity contribution in [2.45, 2.75) is 104 Å². The Kier molecular flexibility index (Phi) is 16.8. The third-order valence-corrected chi connectivity index (χ3v) is 7.74. The van der Waals surface area contributed by atoms with Crippen LogP contribution in [0.1, 0.15) is 115 Å². The van der Waals surface area contributed by atoms with E-state index in [1.165, 1.54) is 19.2 Å². The minimum atomic E-state index is -0.433. The summed E-state index contributed by atoms with van der Waals surface area (Å²) < 4.78 is 22.5. The number of rotatable bonds is 24. The Balaban J connectivity index is 1.58. The Labute approximate surface area is 277 Å². The van der Waals surface area contributed by atoms with Crippen LogP contribution in [0, 0.1) is 20.2 Å². The van der Waals surface area contributed by atoms with Crippen LogP contribution in [0.5, 0.6) is 17.2 Å². The van der Waals surface area contributed by atoms with Gasteiger partial charge in [-0.3, -0.25) is 29.8 Å². The van der Waals surface area contributed by atoms with Crippen LogP contribution in [0.15, 0.2) is 24.3 Å². The van der Waals surface area contributed by atoms with E-state index in [1.807, 2.05) is 40.7 Å². The summed E-state index contributed by atoms with van der Waals surface area (Å²) in [5.41, 5.74) is 2.20. The van der Waals surface area contributed by atoms with Gasteiger partial charge >= 0.3 is 0 Å². The summed E-state index contributed by atoms with van der Waals surface area (Å²) in [6, 6.07) is 6.35. The molecule has 0 N–H and O–H groups in total. The van der Waals surface area contributed by atoms with Crippen molar-refractivity contribution in [3.63, 3.8) is 0 Å². The van der Waals surface area contributed by atoms with E-state index in [9.17, 15) is 29.8 Å². The molecule has 0 atom stereocenters. The number of nitrogens with zero attached hydrogens (tertiary/aromatic N) is 2. The molecule has 0 bridgehead atoms. The summed E-state index contributed by atoms with van der Waals surface area (Å²) in [7, 11) is 1.48. The molecule has 2 rings (SSSR count). The zero-order chi connectivity index (χ0) is 34.9. The number of ether oxygens (including phenoxy) is 4. The molecule has 47 heavy (non-hydrogen) atoms. The molecule has 0 aromatic heterocycles. The second-order valence-electron chi connectivity index (χ2n) is 12.1. The average molecular weight is 659 g/mol. The molecule has 0 unspecified atom stereocenters. The molecule has 0 aliphatic heterocycles. The van der Waals surface area contributed by atoms with Gasteiger partial charge in [0.05, 0.1) is 42.3 Å². The highest BCUT2D eigenvalue weighted by Crippen LogP contribution is 2.38. The van der Waals surface area contributed by atoms with Gasteiger partial charge in [0.15, 0.2) is 11.5 Å². The monoisotopic (exact) mass is 658 g/mol. The summed E-state index contributed by atoms with van der Waals surface area (Å²) in [6.45, 7) is 11.0. The van der Waals surface area contributed by atoms with E-state index in [-0.39, 0.29) is 52.1 Å². The van der Waals surface area contributed by atoms with E-state index in [2.05, 4.69) is 0 Å². The summed E-state index contributed by atoms with van der Waals surface area (Å²) in [5.74, 6) is 1.36. The van der Waals surface area contributed by atoms with Gasteiger partial charge in [-0.15, -0.1) is 0 Å². The topological polar surface area (TPSA) is 157 Å². The Morgan fingerprint density at radius 1 is 0.660 bits per heavy atom. The molecule has 0 saturated carbocycles. The van der Waals surface area contributed by atoms with Crippen LogP contribution in [-0.4, -0.2) is 55.0 Å². The molecule has 2 aromatic carbocycles. The fourth-order valence-corrected chi connectivity index (χ4v) is 5.12. The highest BCUT2D eigenvalue weighted by atomic mass is 16.6. The molecular formula is C35H50N2O10. The first-order valence-electron chi connectivity index (χ1n) is 16.4. The first-order chi connectivity index (χ1) is 22.4. The molecule has 2 aromatic rings. The number of methoxy groups -OCH3 is 1. The smallest absolute Gasteiger partial charge is 0.276 e. The van der Waals surface area contributed by atoms with Crippen LogP contribution in [0.4, 0.5) is 11.4 Å². The van der Waals surface area contributed by atoms with Crippen molar-refractivity contribution in [3.8, 4) is 17.2 Å². The van der Waals surface area contributed by atoms with Gasteiger partial charge in [-0.1, -0.05) is 34.6 Å². The summed E-state index contributed by atoms with van der Waals surface area (Å²) in [4.78, 5) is 46.7. The Morgan fingerprint density at radius 3 is 1.51 bits per heavy atom. The third-order valence-electron chi connectivity index (χ3n) is 7.74.